The second-order valence-electron chi connectivity index (χ2n) is 4.32. The van der Waals surface area contributed by atoms with Crippen LogP contribution < -0.4 is 0 Å². The van der Waals surface area contributed by atoms with Gasteiger partial charge in [0.15, 0.2) is 0 Å². The van der Waals surface area contributed by atoms with Crippen LogP contribution in [0.2, 0.25) is 0 Å². The number of aryl methyl sites for hydroxylation is 1. The lowest BCUT2D eigenvalue weighted by atomic mass is 9.96. The molecule has 94 valence electrons. The van der Waals surface area contributed by atoms with Crippen LogP contribution in [-0.4, -0.2) is 0 Å². The first-order chi connectivity index (χ1) is 8.39. The highest BCUT2D eigenvalue weighted by Gasteiger charge is 2.29. The molecular weight excluding hydrogens is 237 g/mol. The van der Waals surface area contributed by atoms with Gasteiger partial charge in [0, 0.05) is 0 Å². The van der Waals surface area contributed by atoms with Crippen LogP contribution in [0.3, 0.4) is 0 Å². The van der Waals surface area contributed by atoms with E-state index >= 15 is 0 Å². The zero-order valence-corrected chi connectivity index (χ0v) is 10.2. The van der Waals surface area contributed by atoms with E-state index in [4.69, 9.17) is 0 Å². The SMILES string of the molecule is Cc1cccc(-c2ccc(C(F)(F)F)cc2)c1C. The molecule has 0 amide bonds. The van der Waals surface area contributed by atoms with E-state index < -0.39 is 11.7 Å². The van der Waals surface area contributed by atoms with Gasteiger partial charge in [0.2, 0.25) is 0 Å². The van der Waals surface area contributed by atoms with E-state index in [2.05, 4.69) is 0 Å². The molecule has 0 fully saturated rings. The molecule has 0 radical (unpaired) electrons. The molecule has 0 unspecified atom stereocenters. The molecule has 0 atom stereocenters. The summed E-state index contributed by atoms with van der Waals surface area (Å²) in [6.07, 6.45) is -4.28. The Morgan fingerprint density at radius 3 is 2.00 bits per heavy atom. The van der Waals surface area contributed by atoms with Crippen LogP contribution in [0.4, 0.5) is 13.2 Å². The number of alkyl halides is 3. The summed E-state index contributed by atoms with van der Waals surface area (Å²) in [5.74, 6) is 0. The van der Waals surface area contributed by atoms with Gasteiger partial charge >= 0.3 is 6.18 Å². The molecular formula is C15H13F3. The van der Waals surface area contributed by atoms with Crippen molar-refractivity contribution in [3.63, 3.8) is 0 Å². The number of hydrogen-bond donors (Lipinski definition) is 0. The fraction of sp³-hybridized carbons (Fsp3) is 0.200. The second-order valence-corrected chi connectivity index (χ2v) is 4.32. The highest BCUT2D eigenvalue weighted by molar-refractivity contribution is 5.68. The van der Waals surface area contributed by atoms with Crippen molar-refractivity contribution in [2.75, 3.05) is 0 Å². The Hall–Kier alpha value is -1.77. The predicted molar refractivity (Wildman–Crippen MR) is 66.4 cm³/mol. The van der Waals surface area contributed by atoms with Crippen LogP contribution >= 0.6 is 0 Å². The number of rotatable bonds is 1. The van der Waals surface area contributed by atoms with Crippen LogP contribution in [0, 0.1) is 13.8 Å². The van der Waals surface area contributed by atoms with Crippen LogP contribution in [-0.2, 0) is 6.18 Å². The zero-order chi connectivity index (χ0) is 13.3. The van der Waals surface area contributed by atoms with Crippen molar-refractivity contribution in [1.82, 2.24) is 0 Å². The summed E-state index contributed by atoms with van der Waals surface area (Å²) in [5.41, 5.74) is 3.40. The minimum Gasteiger partial charge on any atom is -0.166 e. The number of halogens is 3. The van der Waals surface area contributed by atoms with Gasteiger partial charge in [0.05, 0.1) is 5.56 Å². The first-order valence-electron chi connectivity index (χ1n) is 5.63. The van der Waals surface area contributed by atoms with Crippen molar-refractivity contribution in [2.45, 2.75) is 20.0 Å². The van der Waals surface area contributed by atoms with E-state index in [-0.39, 0.29) is 0 Å². The van der Waals surface area contributed by atoms with Gasteiger partial charge in [-0.3, -0.25) is 0 Å². The summed E-state index contributed by atoms with van der Waals surface area (Å²) in [6, 6.07) is 11.1. The third-order valence-corrected chi connectivity index (χ3v) is 3.13. The van der Waals surface area contributed by atoms with Crippen LogP contribution in [0.25, 0.3) is 11.1 Å². The largest absolute Gasteiger partial charge is 0.416 e. The maximum atomic E-state index is 12.5. The van der Waals surface area contributed by atoms with E-state index in [1.54, 1.807) is 0 Å². The molecule has 0 saturated heterocycles. The van der Waals surface area contributed by atoms with E-state index in [9.17, 15) is 13.2 Å². The molecule has 3 heteroatoms. The average molecular weight is 250 g/mol. The summed E-state index contributed by atoms with van der Waals surface area (Å²) >= 11 is 0. The molecule has 0 N–H and O–H groups in total. The molecule has 0 aliphatic heterocycles. The highest BCUT2D eigenvalue weighted by atomic mass is 19.4. The Bertz CT molecular complexity index is 551. The number of hydrogen-bond acceptors (Lipinski definition) is 0. The Morgan fingerprint density at radius 1 is 0.833 bits per heavy atom. The monoisotopic (exact) mass is 250 g/mol. The Morgan fingerprint density at radius 2 is 1.44 bits per heavy atom. The molecule has 0 aliphatic rings. The zero-order valence-electron chi connectivity index (χ0n) is 10.2. The Labute approximate surface area is 104 Å². The van der Waals surface area contributed by atoms with E-state index in [1.807, 2.05) is 32.0 Å². The fourth-order valence-corrected chi connectivity index (χ4v) is 1.90. The van der Waals surface area contributed by atoms with Crippen molar-refractivity contribution >= 4 is 0 Å². The minimum atomic E-state index is -4.28. The lowest BCUT2D eigenvalue weighted by Gasteiger charge is -2.11. The van der Waals surface area contributed by atoms with Gasteiger partial charge in [-0.25, -0.2) is 0 Å². The molecule has 0 spiro atoms. The van der Waals surface area contributed by atoms with Crippen LogP contribution in [0.15, 0.2) is 42.5 Å². The smallest absolute Gasteiger partial charge is 0.166 e. The van der Waals surface area contributed by atoms with E-state index in [0.29, 0.717) is 0 Å². The van der Waals surface area contributed by atoms with Crippen molar-refractivity contribution in [3.8, 4) is 11.1 Å². The van der Waals surface area contributed by atoms with Crippen molar-refractivity contribution in [2.24, 2.45) is 0 Å². The molecule has 0 aromatic heterocycles. The third kappa shape index (κ3) is 2.40. The number of benzene rings is 2. The topological polar surface area (TPSA) is 0 Å². The molecule has 18 heavy (non-hydrogen) atoms. The van der Waals surface area contributed by atoms with Gasteiger partial charge in [0.1, 0.15) is 0 Å². The summed E-state index contributed by atoms with van der Waals surface area (Å²) < 4.78 is 37.4. The first-order valence-corrected chi connectivity index (χ1v) is 5.63. The van der Waals surface area contributed by atoms with Crippen LogP contribution in [0.5, 0.6) is 0 Å². The molecule has 0 bridgehead atoms. The van der Waals surface area contributed by atoms with Gasteiger partial charge in [0.25, 0.3) is 0 Å². The summed E-state index contributed by atoms with van der Waals surface area (Å²) in [7, 11) is 0. The Balaban J connectivity index is 2.44. The van der Waals surface area contributed by atoms with Crippen molar-refractivity contribution < 1.29 is 13.2 Å². The lowest BCUT2D eigenvalue weighted by molar-refractivity contribution is -0.137. The van der Waals surface area contributed by atoms with Crippen molar-refractivity contribution in [3.05, 3.63) is 59.2 Å². The molecule has 0 aliphatic carbocycles. The van der Waals surface area contributed by atoms with E-state index in [1.165, 1.54) is 12.1 Å². The second kappa shape index (κ2) is 4.48. The molecule has 0 nitrogen and oxygen atoms in total. The molecule has 2 aromatic carbocycles. The lowest BCUT2D eigenvalue weighted by Crippen LogP contribution is -2.04. The van der Waals surface area contributed by atoms with Gasteiger partial charge in [-0.2, -0.15) is 13.2 Å². The Kier molecular flexibility index (Phi) is 3.16. The summed E-state index contributed by atoms with van der Waals surface area (Å²) in [4.78, 5) is 0. The summed E-state index contributed by atoms with van der Waals surface area (Å²) in [6.45, 7) is 3.96. The standard InChI is InChI=1S/C15H13F3/c1-10-4-3-5-14(11(10)2)12-6-8-13(9-7-12)15(16,17)18/h3-9H,1-2H3. The fourth-order valence-electron chi connectivity index (χ4n) is 1.90. The molecule has 2 aromatic rings. The highest BCUT2D eigenvalue weighted by Crippen LogP contribution is 2.32. The third-order valence-electron chi connectivity index (χ3n) is 3.13. The molecule has 0 heterocycles. The van der Waals surface area contributed by atoms with Gasteiger partial charge in [-0.05, 0) is 48.2 Å². The molecule has 2 rings (SSSR count). The quantitative estimate of drug-likeness (QED) is 0.669. The first kappa shape index (κ1) is 12.7. The van der Waals surface area contributed by atoms with Crippen LogP contribution in [0.1, 0.15) is 16.7 Å². The normalized spacial score (nSPS) is 11.6. The van der Waals surface area contributed by atoms with Crippen molar-refractivity contribution in [1.29, 1.82) is 0 Å². The van der Waals surface area contributed by atoms with Gasteiger partial charge in [-0.15, -0.1) is 0 Å². The minimum absolute atomic E-state index is 0.614. The maximum Gasteiger partial charge on any atom is 0.416 e. The van der Waals surface area contributed by atoms with Gasteiger partial charge < -0.3 is 0 Å². The average Bonchev–Trinajstić information content (AvgIpc) is 2.32. The predicted octanol–water partition coefficient (Wildman–Crippen LogP) is 4.99. The van der Waals surface area contributed by atoms with Gasteiger partial charge in [-0.1, -0.05) is 30.3 Å². The maximum absolute atomic E-state index is 12.5. The molecule has 0 saturated carbocycles. The van der Waals surface area contributed by atoms with E-state index in [0.717, 1.165) is 34.4 Å². The summed E-state index contributed by atoms with van der Waals surface area (Å²) in [5, 5.41) is 0.